The van der Waals surface area contributed by atoms with Crippen molar-refractivity contribution >= 4 is 40.5 Å². The van der Waals surface area contributed by atoms with E-state index >= 15 is 0 Å². The van der Waals surface area contributed by atoms with Crippen molar-refractivity contribution in [3.63, 3.8) is 0 Å². The molecule has 2 heterocycles. The fourth-order valence-electron chi connectivity index (χ4n) is 1.55. The molecule has 0 atom stereocenters. The molecule has 11 heteroatoms. The lowest BCUT2D eigenvalue weighted by molar-refractivity contribution is -0.486. The number of nitrogens with zero attached hydrogens (tertiary/aromatic N) is 5. The summed E-state index contributed by atoms with van der Waals surface area (Å²) in [5, 5.41) is 13.4. The predicted molar refractivity (Wildman–Crippen MR) is 70.7 cm³/mol. The molecule has 1 fully saturated rings. The molecule has 8 nitrogen and oxygen atoms in total. The number of hydrogen-bond acceptors (Lipinski definition) is 5. The number of nitro groups is 1. The summed E-state index contributed by atoms with van der Waals surface area (Å²) in [4.78, 5) is 18.2. The molecular weight excluding hydrogens is 317 g/mol. The minimum Gasteiger partial charge on any atom is -0.341 e. The molecule has 0 aliphatic carbocycles. The van der Waals surface area contributed by atoms with Gasteiger partial charge in [-0.25, -0.2) is 15.1 Å². The number of rotatable bonds is 3. The van der Waals surface area contributed by atoms with Crippen molar-refractivity contribution in [3.05, 3.63) is 24.6 Å². The SMILES string of the molecule is CN1COCN(Cc2sc(Cl)nc2Cl)/C1=N/[N+](=O)[O-]. The summed E-state index contributed by atoms with van der Waals surface area (Å²) in [6.07, 6.45) is 0. The predicted octanol–water partition coefficient (Wildman–Crippen LogP) is 1.68. The number of hydrogen-bond donors (Lipinski definition) is 0. The van der Waals surface area contributed by atoms with Gasteiger partial charge in [-0.15, -0.1) is 11.3 Å². The van der Waals surface area contributed by atoms with E-state index in [1.54, 1.807) is 11.9 Å². The summed E-state index contributed by atoms with van der Waals surface area (Å²) in [5.41, 5.74) is 0. The van der Waals surface area contributed by atoms with Crippen LogP contribution in [0.4, 0.5) is 0 Å². The van der Waals surface area contributed by atoms with E-state index in [2.05, 4.69) is 10.1 Å². The van der Waals surface area contributed by atoms with Crippen molar-refractivity contribution in [1.29, 1.82) is 0 Å². The largest absolute Gasteiger partial charge is 0.341 e. The first-order chi connectivity index (χ1) is 8.97. The zero-order valence-electron chi connectivity index (χ0n) is 9.75. The molecule has 0 radical (unpaired) electrons. The molecule has 1 aliphatic rings. The number of thiazole rings is 1. The number of hydrazone groups is 1. The van der Waals surface area contributed by atoms with Gasteiger partial charge in [-0.05, 0) is 0 Å². The van der Waals surface area contributed by atoms with Gasteiger partial charge < -0.3 is 14.5 Å². The first-order valence-corrected chi connectivity index (χ1v) is 6.62. The van der Waals surface area contributed by atoms with Gasteiger partial charge in [0.1, 0.15) is 23.7 Å². The number of halogens is 2. The average molecular weight is 326 g/mol. The van der Waals surface area contributed by atoms with Crippen LogP contribution in [0.25, 0.3) is 0 Å². The van der Waals surface area contributed by atoms with Crippen molar-refractivity contribution in [2.24, 2.45) is 5.10 Å². The lowest BCUT2D eigenvalue weighted by atomic mass is 10.4. The second-order valence-corrected chi connectivity index (χ2v) is 5.70. The summed E-state index contributed by atoms with van der Waals surface area (Å²) in [6.45, 7) is 0.712. The van der Waals surface area contributed by atoms with Crippen LogP contribution in [0.15, 0.2) is 5.10 Å². The van der Waals surface area contributed by atoms with Crippen LogP contribution in [0.1, 0.15) is 4.88 Å². The third kappa shape index (κ3) is 3.44. The van der Waals surface area contributed by atoms with E-state index in [-0.39, 0.29) is 24.6 Å². The molecule has 0 aromatic carbocycles. The van der Waals surface area contributed by atoms with Gasteiger partial charge in [-0.3, -0.25) is 0 Å². The number of guanidine groups is 1. The highest BCUT2D eigenvalue weighted by Crippen LogP contribution is 2.28. The van der Waals surface area contributed by atoms with E-state index < -0.39 is 5.03 Å². The molecule has 0 unspecified atom stereocenters. The Bertz CT molecular complexity index is 522. The molecule has 0 saturated carbocycles. The quantitative estimate of drug-likeness (QED) is 0.621. The molecule has 19 heavy (non-hydrogen) atoms. The summed E-state index contributed by atoms with van der Waals surface area (Å²) in [6, 6.07) is 0. The van der Waals surface area contributed by atoms with Crippen LogP contribution in [-0.4, -0.2) is 46.3 Å². The summed E-state index contributed by atoms with van der Waals surface area (Å²) < 4.78 is 5.60. The fourth-order valence-corrected chi connectivity index (χ4v) is 2.96. The van der Waals surface area contributed by atoms with Crippen LogP contribution in [0.3, 0.4) is 0 Å². The minimum atomic E-state index is -0.745. The van der Waals surface area contributed by atoms with E-state index in [1.807, 2.05) is 0 Å². The third-order valence-corrected chi connectivity index (χ3v) is 3.85. The molecule has 1 aliphatic heterocycles. The van der Waals surface area contributed by atoms with Crippen LogP contribution in [0.2, 0.25) is 9.62 Å². The smallest absolute Gasteiger partial charge is 0.277 e. The van der Waals surface area contributed by atoms with E-state index in [0.29, 0.717) is 15.9 Å². The highest BCUT2D eigenvalue weighted by atomic mass is 35.5. The lowest BCUT2D eigenvalue weighted by Crippen LogP contribution is -2.49. The van der Waals surface area contributed by atoms with Crippen molar-refractivity contribution < 1.29 is 9.77 Å². The van der Waals surface area contributed by atoms with Crippen molar-refractivity contribution in [1.82, 2.24) is 14.8 Å². The topological polar surface area (TPSA) is 84.1 Å². The normalized spacial score (nSPS) is 18.2. The highest BCUT2D eigenvalue weighted by molar-refractivity contribution is 7.16. The maximum absolute atomic E-state index is 10.5. The molecule has 2 rings (SSSR count). The van der Waals surface area contributed by atoms with E-state index in [1.165, 1.54) is 16.2 Å². The Morgan fingerprint density at radius 2 is 2.32 bits per heavy atom. The van der Waals surface area contributed by atoms with Gasteiger partial charge in [0, 0.05) is 7.05 Å². The Balaban J connectivity index is 2.21. The molecule has 1 aromatic heterocycles. The van der Waals surface area contributed by atoms with Gasteiger partial charge in [0.15, 0.2) is 9.50 Å². The lowest BCUT2D eigenvalue weighted by Gasteiger charge is -2.34. The van der Waals surface area contributed by atoms with Gasteiger partial charge in [0.25, 0.3) is 5.96 Å². The van der Waals surface area contributed by atoms with Gasteiger partial charge >= 0.3 is 0 Å². The number of aromatic nitrogens is 1. The van der Waals surface area contributed by atoms with Gasteiger partial charge in [0.2, 0.25) is 0 Å². The van der Waals surface area contributed by atoms with Gasteiger partial charge in [-0.1, -0.05) is 23.2 Å². The fraction of sp³-hybridized carbons (Fsp3) is 0.500. The van der Waals surface area contributed by atoms with E-state index in [9.17, 15) is 10.1 Å². The second-order valence-electron chi connectivity index (χ2n) is 3.68. The van der Waals surface area contributed by atoms with Crippen LogP contribution < -0.4 is 0 Å². The molecule has 0 N–H and O–H groups in total. The average Bonchev–Trinajstić information content (AvgIpc) is 2.62. The maximum Gasteiger partial charge on any atom is 0.277 e. The zero-order chi connectivity index (χ0) is 14.0. The summed E-state index contributed by atoms with van der Waals surface area (Å²) >= 11 is 12.9. The molecular formula is C8H9Cl2N5O3S. The first-order valence-electron chi connectivity index (χ1n) is 5.05. The maximum atomic E-state index is 10.5. The Morgan fingerprint density at radius 1 is 1.58 bits per heavy atom. The third-order valence-electron chi connectivity index (χ3n) is 2.29. The Labute approximate surface area is 122 Å². The Kier molecular flexibility index (Phi) is 4.40. The molecule has 0 bridgehead atoms. The number of ether oxygens (including phenoxy) is 1. The van der Waals surface area contributed by atoms with E-state index in [0.717, 1.165) is 0 Å². The standard InChI is InChI=1S/C8H9Cl2N5O3S/c1-13-3-18-4-14(8(13)12-15(16)17)2-5-6(9)11-7(10)19-5/h2-4H2,1H3/b12-8+. The first kappa shape index (κ1) is 14.3. The summed E-state index contributed by atoms with van der Waals surface area (Å²) in [7, 11) is 1.65. The zero-order valence-corrected chi connectivity index (χ0v) is 12.1. The van der Waals surface area contributed by atoms with Crippen LogP contribution in [-0.2, 0) is 11.3 Å². The van der Waals surface area contributed by atoms with Crippen LogP contribution in [0.5, 0.6) is 0 Å². The molecule has 1 saturated heterocycles. The highest BCUT2D eigenvalue weighted by Gasteiger charge is 2.26. The van der Waals surface area contributed by atoms with Crippen LogP contribution >= 0.6 is 34.5 Å². The summed E-state index contributed by atoms with van der Waals surface area (Å²) in [5.74, 6) is 0.205. The second kappa shape index (κ2) is 5.87. The Hall–Kier alpha value is -1.16. The molecule has 0 amide bonds. The van der Waals surface area contributed by atoms with E-state index in [4.69, 9.17) is 27.9 Å². The Morgan fingerprint density at radius 3 is 2.89 bits per heavy atom. The van der Waals surface area contributed by atoms with Crippen molar-refractivity contribution in [2.75, 3.05) is 20.5 Å². The molecule has 1 aromatic rings. The monoisotopic (exact) mass is 325 g/mol. The molecule has 0 spiro atoms. The van der Waals surface area contributed by atoms with Gasteiger partial charge in [-0.2, -0.15) is 0 Å². The van der Waals surface area contributed by atoms with Gasteiger partial charge in [0.05, 0.1) is 11.4 Å². The minimum absolute atomic E-state index is 0.183. The van der Waals surface area contributed by atoms with Crippen LogP contribution in [0, 0.1) is 10.1 Å². The molecule has 104 valence electrons. The van der Waals surface area contributed by atoms with Crippen molar-refractivity contribution in [2.45, 2.75) is 6.54 Å². The van der Waals surface area contributed by atoms with Crippen molar-refractivity contribution in [3.8, 4) is 0 Å².